The van der Waals surface area contributed by atoms with Crippen molar-refractivity contribution < 1.29 is 72.9 Å². The molecule has 17 heteroatoms. The second-order valence-electron chi connectivity index (χ2n) is 7.93. The number of fused-ring (bicyclic) bond motifs is 1. The number of rotatable bonds is 8. The summed E-state index contributed by atoms with van der Waals surface area (Å²) in [5.74, 6) is -5.63. The number of thioether (sulfide) groups is 1. The van der Waals surface area contributed by atoms with E-state index in [0.29, 0.717) is 0 Å². The zero-order valence-electron chi connectivity index (χ0n) is 20.1. The van der Waals surface area contributed by atoms with Crippen molar-refractivity contribution in [2.24, 2.45) is 16.5 Å². The normalized spacial score (nSPS) is 23.6. The molecule has 1 aromatic rings. The number of carboxylic acids is 1. The van der Waals surface area contributed by atoms with Crippen LogP contribution in [-0.4, -0.2) is 83.8 Å². The molecule has 1 saturated carbocycles. The first-order valence-corrected chi connectivity index (χ1v) is 12.2. The minimum Gasteiger partial charge on any atom is -0.543 e. The first-order chi connectivity index (χ1) is 17.1. The average molecular weight is 562 g/mol. The number of ether oxygens (including phenoxy) is 2. The van der Waals surface area contributed by atoms with Gasteiger partial charge in [-0.25, -0.2) is 4.98 Å². The number of methoxy groups -OCH3 is 2. The molecule has 1 unspecified atom stereocenters. The Morgan fingerprint density at radius 2 is 1.89 bits per heavy atom. The number of hydrogen-bond donors (Lipinski definition) is 2. The number of hydrogen-bond acceptors (Lipinski definition) is 14. The number of esters is 2. The van der Waals surface area contributed by atoms with E-state index in [0.717, 1.165) is 42.2 Å². The number of carbonyl (C=O) groups excluding carboxylic acids is 5. The van der Waals surface area contributed by atoms with Gasteiger partial charge in [0, 0.05) is 17.1 Å². The molecule has 2 aliphatic heterocycles. The molecule has 1 aliphatic carbocycles. The van der Waals surface area contributed by atoms with Crippen molar-refractivity contribution in [2.75, 3.05) is 32.8 Å². The fourth-order valence-electron chi connectivity index (χ4n) is 4.38. The van der Waals surface area contributed by atoms with Crippen LogP contribution in [0.5, 0.6) is 0 Å². The number of aromatic nitrogens is 1. The van der Waals surface area contributed by atoms with E-state index in [-0.39, 0.29) is 63.8 Å². The molecule has 2 amide bonds. The molecular formula is C20H20N5NaO9S2. The van der Waals surface area contributed by atoms with Gasteiger partial charge in [-0.15, -0.1) is 23.1 Å². The van der Waals surface area contributed by atoms with Crippen LogP contribution in [0.4, 0.5) is 5.13 Å². The van der Waals surface area contributed by atoms with Crippen molar-refractivity contribution in [2.45, 2.75) is 17.8 Å². The number of β-lactam (4-membered cyclic amide) rings is 1. The van der Waals surface area contributed by atoms with Gasteiger partial charge in [-0.3, -0.25) is 24.1 Å². The second kappa shape index (κ2) is 11.0. The smallest absolute Gasteiger partial charge is 0.543 e. The Morgan fingerprint density at radius 1 is 1.24 bits per heavy atom. The Hall–Kier alpha value is -2.66. The van der Waals surface area contributed by atoms with Gasteiger partial charge < -0.3 is 35.3 Å². The minimum absolute atomic E-state index is 0. The molecule has 0 aromatic carbocycles. The summed E-state index contributed by atoms with van der Waals surface area (Å²) in [6.07, 6.45) is -0.0283. The number of carbonyl (C=O) groups is 5. The SMILES string of the molecule is CO/N=C(\C(=O)N[C@@H]1C(=O)N2C(C(=O)[O-])=C(C3CC3(C(=O)OC)C(=O)OC)CS[C@H]12)c1csc(N)n1.[Na+]. The Kier molecular flexibility index (Phi) is 8.58. The molecule has 1 aromatic heterocycles. The monoisotopic (exact) mass is 561 g/mol. The zero-order valence-corrected chi connectivity index (χ0v) is 23.8. The Bertz CT molecular complexity index is 1220. The minimum atomic E-state index is -1.69. The fourth-order valence-corrected chi connectivity index (χ4v) is 6.35. The molecule has 3 aliphatic rings. The number of carboxylic acid groups (broad SMARTS) is 1. The predicted octanol–water partition coefficient (Wildman–Crippen LogP) is -5.16. The van der Waals surface area contributed by atoms with Crippen molar-refractivity contribution in [1.29, 1.82) is 0 Å². The van der Waals surface area contributed by atoms with Crippen molar-refractivity contribution in [3.8, 4) is 0 Å². The fraction of sp³-hybridized carbons (Fsp3) is 0.450. The summed E-state index contributed by atoms with van der Waals surface area (Å²) in [7, 11) is 3.44. The maximum absolute atomic E-state index is 13.0. The third-order valence-corrected chi connectivity index (χ3v) is 8.10. The Morgan fingerprint density at radius 3 is 2.41 bits per heavy atom. The van der Waals surface area contributed by atoms with Gasteiger partial charge in [0.2, 0.25) is 0 Å². The van der Waals surface area contributed by atoms with Crippen LogP contribution in [0.2, 0.25) is 0 Å². The molecule has 4 rings (SSSR count). The van der Waals surface area contributed by atoms with Crippen LogP contribution >= 0.6 is 23.1 Å². The number of thiazole rings is 1. The molecule has 1 saturated heterocycles. The van der Waals surface area contributed by atoms with Crippen molar-refractivity contribution in [3.05, 3.63) is 22.3 Å². The molecule has 0 radical (unpaired) electrons. The number of nitrogens with two attached hydrogens (primary N) is 1. The van der Waals surface area contributed by atoms with E-state index in [2.05, 4.69) is 15.5 Å². The molecule has 14 nitrogen and oxygen atoms in total. The van der Waals surface area contributed by atoms with Crippen molar-refractivity contribution in [1.82, 2.24) is 15.2 Å². The van der Waals surface area contributed by atoms with E-state index in [1.165, 1.54) is 12.5 Å². The summed E-state index contributed by atoms with van der Waals surface area (Å²) in [5, 5.41) is 19.2. The van der Waals surface area contributed by atoms with Crippen LogP contribution in [0.3, 0.4) is 0 Å². The zero-order chi connectivity index (χ0) is 26.4. The molecule has 2 fully saturated rings. The van der Waals surface area contributed by atoms with E-state index < -0.39 is 58.2 Å². The summed E-state index contributed by atoms with van der Waals surface area (Å²) >= 11 is 2.24. The largest absolute Gasteiger partial charge is 1.00 e. The molecule has 3 heterocycles. The first-order valence-electron chi connectivity index (χ1n) is 10.3. The van der Waals surface area contributed by atoms with Gasteiger partial charge in [-0.05, 0) is 12.0 Å². The molecular weight excluding hydrogens is 541 g/mol. The quantitative estimate of drug-likeness (QED) is 0.0764. The van der Waals surface area contributed by atoms with Crippen LogP contribution in [0.15, 0.2) is 21.8 Å². The Labute approximate surface area is 240 Å². The Balaban J connectivity index is 0.00000380. The molecule has 0 spiro atoms. The van der Waals surface area contributed by atoms with Gasteiger partial charge in [-0.1, -0.05) is 5.16 Å². The number of amides is 2. The van der Waals surface area contributed by atoms with Gasteiger partial charge in [-0.2, -0.15) is 0 Å². The van der Waals surface area contributed by atoms with Gasteiger partial charge >= 0.3 is 41.5 Å². The first kappa shape index (κ1) is 28.9. The standard InChI is InChI=1S/C20H21N5O9S2.Na/c1-32-17(30)20(18(31)33-2)4-8(20)7-5-35-15-11(14(27)25(15)12(7)16(28)29)23-13(26)10(24-34-3)9-6-36-19(21)22-9;/h6,8,11,15H,4-5H2,1-3H3,(H2,21,22)(H,23,26)(H,28,29);/q;+1/p-1/b24-10-;/t8?,11-,15-;/m1./s1. The molecule has 0 bridgehead atoms. The summed E-state index contributed by atoms with van der Waals surface area (Å²) in [5.41, 5.74) is 3.60. The van der Waals surface area contributed by atoms with Gasteiger partial charge in [0.1, 0.15) is 24.2 Å². The van der Waals surface area contributed by atoms with Gasteiger partial charge in [0.05, 0.1) is 25.9 Å². The van der Waals surface area contributed by atoms with Gasteiger partial charge in [0.25, 0.3) is 11.8 Å². The molecule has 192 valence electrons. The van der Waals surface area contributed by atoms with Crippen LogP contribution in [0.1, 0.15) is 12.1 Å². The third kappa shape index (κ3) is 4.71. The van der Waals surface area contributed by atoms with Crippen molar-refractivity contribution in [3.63, 3.8) is 0 Å². The van der Waals surface area contributed by atoms with E-state index >= 15 is 0 Å². The van der Waals surface area contributed by atoms with Crippen LogP contribution in [0.25, 0.3) is 0 Å². The van der Waals surface area contributed by atoms with Crippen LogP contribution < -0.4 is 45.7 Å². The maximum atomic E-state index is 13.0. The van der Waals surface area contributed by atoms with E-state index in [4.69, 9.17) is 20.0 Å². The number of nitrogens with one attached hydrogen (secondary N) is 1. The number of oxime groups is 1. The van der Waals surface area contributed by atoms with E-state index in [1.54, 1.807) is 0 Å². The number of nitrogen functional groups attached to an aromatic ring is 1. The van der Waals surface area contributed by atoms with E-state index in [1.807, 2.05) is 0 Å². The molecule has 3 atom stereocenters. The average Bonchev–Trinajstić information content (AvgIpc) is 3.49. The topological polar surface area (TPSA) is 203 Å². The third-order valence-electron chi connectivity index (χ3n) is 6.12. The summed E-state index contributed by atoms with van der Waals surface area (Å²) in [4.78, 5) is 72.4. The van der Waals surface area contributed by atoms with Crippen LogP contribution in [0, 0.1) is 11.3 Å². The van der Waals surface area contributed by atoms with Crippen LogP contribution in [-0.2, 0) is 38.3 Å². The summed E-state index contributed by atoms with van der Waals surface area (Å²) in [6.45, 7) is 0. The molecule has 37 heavy (non-hydrogen) atoms. The summed E-state index contributed by atoms with van der Waals surface area (Å²) < 4.78 is 9.49. The van der Waals surface area contributed by atoms with Crippen molar-refractivity contribution >= 4 is 63.7 Å². The number of nitrogens with zero attached hydrogens (tertiary/aromatic N) is 3. The molecule has 3 N–H and O–H groups in total. The second-order valence-corrected chi connectivity index (χ2v) is 9.92. The van der Waals surface area contributed by atoms with E-state index in [9.17, 15) is 29.1 Å². The maximum Gasteiger partial charge on any atom is 1.00 e. The predicted molar refractivity (Wildman–Crippen MR) is 122 cm³/mol. The summed E-state index contributed by atoms with van der Waals surface area (Å²) in [6, 6.07) is -1.08. The number of anilines is 1. The number of aliphatic carboxylic acids is 1. The van der Waals surface area contributed by atoms with Gasteiger partial charge in [0.15, 0.2) is 16.3 Å².